The van der Waals surface area contributed by atoms with Gasteiger partial charge in [-0.3, -0.25) is 0 Å². The van der Waals surface area contributed by atoms with Crippen LogP contribution in [0.1, 0.15) is 27.8 Å². The van der Waals surface area contributed by atoms with Gasteiger partial charge in [0.1, 0.15) is 0 Å². The molecule has 0 atom stereocenters. The SMILES string of the molecule is Cc1cc(C)c(CSc2cccc(CO)c2)c(C)c1. The highest BCUT2D eigenvalue weighted by Gasteiger charge is 2.05. The van der Waals surface area contributed by atoms with E-state index in [0.717, 1.165) is 11.3 Å². The number of rotatable bonds is 4. The Hall–Kier alpha value is -1.25. The Morgan fingerprint density at radius 2 is 1.68 bits per heavy atom. The molecule has 0 radical (unpaired) electrons. The quantitative estimate of drug-likeness (QED) is 0.833. The smallest absolute Gasteiger partial charge is 0.0682 e. The predicted octanol–water partition coefficient (Wildman–Crippen LogP) is 4.40. The van der Waals surface area contributed by atoms with Gasteiger partial charge in [-0.1, -0.05) is 29.8 Å². The number of hydrogen-bond donors (Lipinski definition) is 1. The summed E-state index contributed by atoms with van der Waals surface area (Å²) in [6, 6.07) is 12.6. The molecule has 0 heterocycles. The van der Waals surface area contributed by atoms with Crippen LogP contribution in [0.4, 0.5) is 0 Å². The van der Waals surface area contributed by atoms with E-state index in [1.54, 1.807) is 0 Å². The summed E-state index contributed by atoms with van der Waals surface area (Å²) in [5.41, 5.74) is 6.45. The second-order valence-electron chi connectivity index (χ2n) is 4.97. The lowest BCUT2D eigenvalue weighted by molar-refractivity contribution is 0.281. The molecule has 0 aliphatic carbocycles. The fourth-order valence-electron chi connectivity index (χ4n) is 2.33. The summed E-state index contributed by atoms with van der Waals surface area (Å²) >= 11 is 1.83. The third-order valence-corrected chi connectivity index (χ3v) is 4.32. The van der Waals surface area contributed by atoms with Crippen molar-refractivity contribution in [1.82, 2.24) is 0 Å². The lowest BCUT2D eigenvalue weighted by Gasteiger charge is -2.11. The van der Waals surface area contributed by atoms with Gasteiger partial charge in [0.25, 0.3) is 0 Å². The maximum absolute atomic E-state index is 9.16. The van der Waals surface area contributed by atoms with Crippen LogP contribution in [0.5, 0.6) is 0 Å². The monoisotopic (exact) mass is 272 g/mol. The minimum atomic E-state index is 0.108. The third-order valence-electron chi connectivity index (χ3n) is 3.30. The second kappa shape index (κ2) is 6.27. The fourth-order valence-corrected chi connectivity index (χ4v) is 3.50. The lowest BCUT2D eigenvalue weighted by atomic mass is 10.0. The molecule has 0 aliphatic rings. The standard InChI is InChI=1S/C17H20OS/c1-12-7-13(2)17(14(3)8-12)11-19-16-6-4-5-15(9-16)10-18/h4-9,18H,10-11H2,1-3H3. The van der Waals surface area contributed by atoms with Crippen molar-refractivity contribution in [3.05, 3.63) is 64.2 Å². The molecule has 2 heteroatoms. The highest BCUT2D eigenvalue weighted by atomic mass is 32.2. The molecule has 2 rings (SSSR count). The summed E-state index contributed by atoms with van der Waals surface area (Å²) in [6.45, 7) is 6.61. The van der Waals surface area contributed by atoms with Crippen LogP contribution >= 0.6 is 11.8 Å². The number of aliphatic hydroxyl groups is 1. The molecule has 0 aliphatic heterocycles. The van der Waals surface area contributed by atoms with E-state index in [0.29, 0.717) is 0 Å². The Balaban J connectivity index is 2.14. The Labute approximate surface area is 119 Å². The average Bonchev–Trinajstić information content (AvgIpc) is 2.37. The van der Waals surface area contributed by atoms with Crippen molar-refractivity contribution >= 4 is 11.8 Å². The van der Waals surface area contributed by atoms with E-state index >= 15 is 0 Å². The molecule has 19 heavy (non-hydrogen) atoms. The average molecular weight is 272 g/mol. The van der Waals surface area contributed by atoms with E-state index in [9.17, 15) is 0 Å². The van der Waals surface area contributed by atoms with Crippen LogP contribution < -0.4 is 0 Å². The van der Waals surface area contributed by atoms with Crippen LogP contribution in [0.3, 0.4) is 0 Å². The van der Waals surface area contributed by atoms with Crippen LogP contribution in [-0.2, 0) is 12.4 Å². The Morgan fingerprint density at radius 1 is 1.00 bits per heavy atom. The minimum absolute atomic E-state index is 0.108. The number of benzene rings is 2. The largest absolute Gasteiger partial charge is 0.392 e. The van der Waals surface area contributed by atoms with Crippen molar-refractivity contribution in [2.75, 3.05) is 0 Å². The topological polar surface area (TPSA) is 20.2 Å². The zero-order chi connectivity index (χ0) is 13.8. The number of thioether (sulfide) groups is 1. The molecule has 100 valence electrons. The van der Waals surface area contributed by atoms with Crippen LogP contribution in [-0.4, -0.2) is 5.11 Å². The van der Waals surface area contributed by atoms with Crippen LogP contribution in [0.15, 0.2) is 41.3 Å². The first kappa shape index (κ1) is 14.2. The van der Waals surface area contributed by atoms with Crippen molar-refractivity contribution in [3.63, 3.8) is 0 Å². The predicted molar refractivity (Wildman–Crippen MR) is 82.6 cm³/mol. The summed E-state index contributed by atoms with van der Waals surface area (Å²) in [6.07, 6.45) is 0. The van der Waals surface area contributed by atoms with Gasteiger partial charge in [-0.15, -0.1) is 11.8 Å². The van der Waals surface area contributed by atoms with Crippen molar-refractivity contribution in [3.8, 4) is 0 Å². The van der Waals surface area contributed by atoms with Gasteiger partial charge in [0.15, 0.2) is 0 Å². The fraction of sp³-hybridized carbons (Fsp3) is 0.294. The van der Waals surface area contributed by atoms with E-state index in [1.807, 2.05) is 23.9 Å². The molecule has 1 nitrogen and oxygen atoms in total. The Kier molecular flexibility index (Phi) is 4.67. The Morgan fingerprint density at radius 3 is 2.32 bits per heavy atom. The van der Waals surface area contributed by atoms with Crippen molar-refractivity contribution < 1.29 is 5.11 Å². The van der Waals surface area contributed by atoms with Crippen LogP contribution in [0, 0.1) is 20.8 Å². The zero-order valence-corrected chi connectivity index (χ0v) is 12.6. The van der Waals surface area contributed by atoms with Gasteiger partial charge < -0.3 is 5.11 Å². The molecular weight excluding hydrogens is 252 g/mol. The van der Waals surface area contributed by atoms with Gasteiger partial charge in [-0.05, 0) is 55.2 Å². The zero-order valence-electron chi connectivity index (χ0n) is 11.7. The summed E-state index contributed by atoms with van der Waals surface area (Å²) in [4.78, 5) is 1.21. The molecule has 0 aromatic heterocycles. The second-order valence-corrected chi connectivity index (χ2v) is 6.02. The number of aryl methyl sites for hydroxylation is 3. The van der Waals surface area contributed by atoms with Crippen molar-refractivity contribution in [2.45, 2.75) is 38.0 Å². The first-order valence-corrected chi connectivity index (χ1v) is 7.48. The third kappa shape index (κ3) is 3.62. The van der Waals surface area contributed by atoms with E-state index in [4.69, 9.17) is 5.11 Å². The maximum Gasteiger partial charge on any atom is 0.0682 e. The van der Waals surface area contributed by atoms with Gasteiger partial charge in [-0.25, -0.2) is 0 Å². The Bertz CT molecular complexity index is 552. The van der Waals surface area contributed by atoms with Gasteiger partial charge in [0, 0.05) is 10.6 Å². The van der Waals surface area contributed by atoms with E-state index in [1.165, 1.54) is 27.1 Å². The molecule has 0 saturated heterocycles. The first-order valence-electron chi connectivity index (χ1n) is 6.49. The number of hydrogen-bond acceptors (Lipinski definition) is 2. The molecule has 0 bridgehead atoms. The molecule has 0 fully saturated rings. The molecule has 0 unspecified atom stereocenters. The van der Waals surface area contributed by atoms with Gasteiger partial charge >= 0.3 is 0 Å². The molecular formula is C17H20OS. The summed E-state index contributed by atoms with van der Waals surface area (Å²) in [5, 5.41) is 9.16. The van der Waals surface area contributed by atoms with Gasteiger partial charge in [0.2, 0.25) is 0 Å². The summed E-state index contributed by atoms with van der Waals surface area (Å²) < 4.78 is 0. The van der Waals surface area contributed by atoms with Crippen molar-refractivity contribution in [1.29, 1.82) is 0 Å². The molecule has 0 spiro atoms. The van der Waals surface area contributed by atoms with Crippen LogP contribution in [0.25, 0.3) is 0 Å². The first-order chi connectivity index (χ1) is 9.10. The van der Waals surface area contributed by atoms with E-state index in [2.05, 4.69) is 45.0 Å². The van der Waals surface area contributed by atoms with Gasteiger partial charge in [-0.2, -0.15) is 0 Å². The van der Waals surface area contributed by atoms with E-state index in [-0.39, 0.29) is 6.61 Å². The van der Waals surface area contributed by atoms with E-state index < -0.39 is 0 Å². The lowest BCUT2D eigenvalue weighted by Crippen LogP contribution is -1.93. The molecule has 2 aromatic rings. The highest BCUT2D eigenvalue weighted by Crippen LogP contribution is 2.27. The molecule has 0 amide bonds. The normalized spacial score (nSPS) is 10.7. The summed E-state index contributed by atoms with van der Waals surface area (Å²) in [5.74, 6) is 0.979. The minimum Gasteiger partial charge on any atom is -0.392 e. The highest BCUT2D eigenvalue weighted by molar-refractivity contribution is 7.98. The van der Waals surface area contributed by atoms with Crippen LogP contribution in [0.2, 0.25) is 0 Å². The molecule has 1 N–H and O–H groups in total. The van der Waals surface area contributed by atoms with Gasteiger partial charge in [0.05, 0.1) is 6.61 Å². The van der Waals surface area contributed by atoms with Crippen molar-refractivity contribution in [2.24, 2.45) is 0 Å². The number of aliphatic hydroxyl groups excluding tert-OH is 1. The molecule has 2 aromatic carbocycles. The molecule has 0 saturated carbocycles. The maximum atomic E-state index is 9.16. The summed E-state index contributed by atoms with van der Waals surface area (Å²) in [7, 11) is 0.